The molecule has 0 aliphatic carbocycles. The molecule has 0 aliphatic rings. The molecule has 0 fully saturated rings. The van der Waals surface area contributed by atoms with Crippen LogP contribution in [0, 0.1) is 12.7 Å². The average molecular weight is 427 g/mol. The van der Waals surface area contributed by atoms with E-state index in [1.54, 1.807) is 31.2 Å². The number of halogens is 2. The van der Waals surface area contributed by atoms with Gasteiger partial charge in [0.15, 0.2) is 0 Å². The molecule has 0 saturated heterocycles. The van der Waals surface area contributed by atoms with E-state index in [9.17, 15) is 17.6 Å². The Balaban J connectivity index is 2.03. The van der Waals surface area contributed by atoms with Gasteiger partial charge in [0.25, 0.3) is 0 Å². The summed E-state index contributed by atoms with van der Waals surface area (Å²) in [5, 5.41) is 3.16. The van der Waals surface area contributed by atoms with Crippen molar-refractivity contribution in [2.24, 2.45) is 0 Å². The number of sulfonamides is 1. The number of carbonyl (C=O) groups is 1. The molecule has 1 N–H and O–H groups in total. The Kier molecular flexibility index (Phi) is 7.43. The molecular weight excluding hydrogens is 403 g/mol. The molecule has 2 rings (SSSR count). The summed E-state index contributed by atoms with van der Waals surface area (Å²) in [6, 6.07) is 10.2. The topological polar surface area (TPSA) is 66.5 Å². The summed E-state index contributed by atoms with van der Waals surface area (Å²) in [6.07, 6.45) is 2.39. The molecule has 0 radical (unpaired) electrons. The van der Waals surface area contributed by atoms with Crippen molar-refractivity contribution < 1.29 is 17.6 Å². The maximum absolute atomic E-state index is 12.9. The van der Waals surface area contributed by atoms with Crippen LogP contribution in [-0.4, -0.2) is 33.2 Å². The summed E-state index contributed by atoms with van der Waals surface area (Å²) in [6.45, 7) is 3.68. The number of nitrogens with zero attached hydrogens (tertiary/aromatic N) is 1. The number of aryl methyl sites for hydroxylation is 2. The van der Waals surface area contributed by atoms with Gasteiger partial charge in [-0.3, -0.25) is 9.10 Å². The van der Waals surface area contributed by atoms with Crippen molar-refractivity contribution in [3.63, 3.8) is 0 Å². The molecule has 0 spiro atoms. The second kappa shape index (κ2) is 9.39. The van der Waals surface area contributed by atoms with Crippen LogP contribution < -0.4 is 9.62 Å². The van der Waals surface area contributed by atoms with E-state index in [0.29, 0.717) is 35.7 Å². The molecule has 0 bridgehead atoms. The minimum atomic E-state index is -3.70. The molecule has 0 unspecified atom stereocenters. The van der Waals surface area contributed by atoms with E-state index in [4.69, 9.17) is 11.6 Å². The first-order valence-corrected chi connectivity index (χ1v) is 11.1. The Morgan fingerprint density at radius 2 is 1.86 bits per heavy atom. The number of hydrogen-bond acceptors (Lipinski definition) is 3. The molecule has 0 heterocycles. The number of carbonyl (C=O) groups excluding carboxylic acids is 1. The van der Waals surface area contributed by atoms with Crippen LogP contribution in [-0.2, 0) is 21.2 Å². The van der Waals surface area contributed by atoms with Crippen LogP contribution in [0.2, 0.25) is 5.02 Å². The van der Waals surface area contributed by atoms with Crippen molar-refractivity contribution in [2.45, 2.75) is 32.7 Å². The van der Waals surface area contributed by atoms with Crippen LogP contribution in [0.4, 0.5) is 10.1 Å². The first-order valence-electron chi connectivity index (χ1n) is 8.87. The molecular formula is C20H24ClFN2O3S. The number of hydrogen-bond donors (Lipinski definition) is 1. The summed E-state index contributed by atoms with van der Waals surface area (Å²) in [5.74, 6) is -0.688. The first kappa shape index (κ1) is 22.2. The number of rotatable bonds is 8. The second-order valence-corrected chi connectivity index (χ2v) is 8.98. The van der Waals surface area contributed by atoms with Gasteiger partial charge in [0, 0.05) is 11.6 Å². The fourth-order valence-corrected chi connectivity index (χ4v) is 4.29. The third-order valence-electron chi connectivity index (χ3n) is 4.35. The van der Waals surface area contributed by atoms with Gasteiger partial charge in [-0.25, -0.2) is 12.8 Å². The fourth-order valence-electron chi connectivity index (χ4n) is 2.90. The molecule has 1 atom stereocenters. The fraction of sp³-hybridized carbons (Fsp3) is 0.350. The summed E-state index contributed by atoms with van der Waals surface area (Å²) in [5.41, 5.74) is 2.05. The van der Waals surface area contributed by atoms with Crippen molar-refractivity contribution in [3.8, 4) is 0 Å². The van der Waals surface area contributed by atoms with E-state index in [-0.39, 0.29) is 5.82 Å². The molecule has 8 heteroatoms. The maximum Gasteiger partial charge on any atom is 0.243 e. The summed E-state index contributed by atoms with van der Waals surface area (Å²) < 4.78 is 38.7. The number of benzene rings is 2. The number of nitrogens with one attached hydrogen (secondary N) is 1. The van der Waals surface area contributed by atoms with E-state index in [2.05, 4.69) is 5.32 Å². The predicted molar refractivity (Wildman–Crippen MR) is 111 cm³/mol. The smallest absolute Gasteiger partial charge is 0.243 e. The standard InChI is InChI=1S/C20H24ClFN2O3S/c1-14-6-9-17(21)13-19(14)24(28(3,26)27)15(2)20(25)23-12-4-5-16-7-10-18(22)11-8-16/h6-11,13,15H,4-5,12H2,1-3H3,(H,23,25)/t15-/m1/s1. The average Bonchev–Trinajstić information content (AvgIpc) is 2.62. The first-order chi connectivity index (χ1) is 13.1. The van der Waals surface area contributed by atoms with Crippen molar-refractivity contribution in [1.29, 1.82) is 0 Å². The molecule has 0 saturated carbocycles. The third kappa shape index (κ3) is 5.94. The Labute approximate surface area is 170 Å². The van der Waals surface area contributed by atoms with Gasteiger partial charge >= 0.3 is 0 Å². The molecule has 1 amide bonds. The summed E-state index contributed by atoms with van der Waals surface area (Å²) in [4.78, 5) is 12.6. The van der Waals surface area contributed by atoms with Gasteiger partial charge in [0.2, 0.25) is 15.9 Å². The number of amides is 1. The zero-order valence-electron chi connectivity index (χ0n) is 16.1. The highest BCUT2D eigenvalue weighted by Gasteiger charge is 2.30. The molecule has 152 valence electrons. The predicted octanol–water partition coefficient (Wildman–Crippen LogP) is 3.69. The minimum absolute atomic E-state index is 0.289. The number of anilines is 1. The zero-order chi connectivity index (χ0) is 20.9. The third-order valence-corrected chi connectivity index (χ3v) is 5.81. The maximum atomic E-state index is 12.9. The van der Waals surface area contributed by atoms with Crippen molar-refractivity contribution in [3.05, 3.63) is 64.4 Å². The van der Waals surface area contributed by atoms with Gasteiger partial charge in [0.05, 0.1) is 11.9 Å². The van der Waals surface area contributed by atoms with E-state index in [1.165, 1.54) is 25.1 Å². The lowest BCUT2D eigenvalue weighted by molar-refractivity contribution is -0.121. The Bertz CT molecular complexity index is 933. The van der Waals surface area contributed by atoms with Gasteiger partial charge in [-0.1, -0.05) is 29.8 Å². The van der Waals surface area contributed by atoms with Crippen LogP contribution in [0.1, 0.15) is 24.5 Å². The van der Waals surface area contributed by atoms with E-state index in [0.717, 1.165) is 16.1 Å². The van der Waals surface area contributed by atoms with Crippen LogP contribution >= 0.6 is 11.6 Å². The van der Waals surface area contributed by atoms with Crippen LogP contribution in [0.15, 0.2) is 42.5 Å². The zero-order valence-corrected chi connectivity index (χ0v) is 17.6. The lowest BCUT2D eigenvalue weighted by Crippen LogP contribution is -2.48. The SMILES string of the molecule is Cc1ccc(Cl)cc1N([C@H](C)C(=O)NCCCc1ccc(F)cc1)S(C)(=O)=O. The highest BCUT2D eigenvalue weighted by atomic mass is 35.5. The molecule has 2 aromatic carbocycles. The van der Waals surface area contributed by atoms with E-state index < -0.39 is 22.0 Å². The van der Waals surface area contributed by atoms with Crippen LogP contribution in [0.3, 0.4) is 0 Å². The highest BCUT2D eigenvalue weighted by Crippen LogP contribution is 2.28. The van der Waals surface area contributed by atoms with Gasteiger partial charge in [-0.2, -0.15) is 0 Å². The molecule has 0 aromatic heterocycles. The Morgan fingerprint density at radius 1 is 1.21 bits per heavy atom. The normalized spacial score (nSPS) is 12.5. The summed E-state index contributed by atoms with van der Waals surface area (Å²) >= 11 is 6.02. The van der Waals surface area contributed by atoms with Crippen molar-refractivity contribution in [1.82, 2.24) is 5.32 Å². The largest absolute Gasteiger partial charge is 0.354 e. The van der Waals surface area contributed by atoms with Gasteiger partial charge in [-0.15, -0.1) is 0 Å². The highest BCUT2D eigenvalue weighted by molar-refractivity contribution is 7.92. The monoisotopic (exact) mass is 426 g/mol. The molecule has 0 aliphatic heterocycles. The lowest BCUT2D eigenvalue weighted by atomic mass is 10.1. The van der Waals surface area contributed by atoms with Gasteiger partial charge < -0.3 is 5.32 Å². The van der Waals surface area contributed by atoms with Crippen LogP contribution in [0.25, 0.3) is 0 Å². The summed E-state index contributed by atoms with van der Waals surface area (Å²) in [7, 11) is -3.70. The molecule has 5 nitrogen and oxygen atoms in total. The van der Waals surface area contributed by atoms with Crippen molar-refractivity contribution >= 4 is 33.2 Å². The molecule has 2 aromatic rings. The van der Waals surface area contributed by atoms with E-state index in [1.807, 2.05) is 0 Å². The lowest BCUT2D eigenvalue weighted by Gasteiger charge is -2.29. The van der Waals surface area contributed by atoms with Crippen molar-refractivity contribution in [2.75, 3.05) is 17.1 Å². The minimum Gasteiger partial charge on any atom is -0.354 e. The molecule has 28 heavy (non-hydrogen) atoms. The van der Waals surface area contributed by atoms with Crippen LogP contribution in [0.5, 0.6) is 0 Å². The Morgan fingerprint density at radius 3 is 2.46 bits per heavy atom. The quantitative estimate of drug-likeness (QED) is 0.654. The second-order valence-electron chi connectivity index (χ2n) is 6.69. The van der Waals surface area contributed by atoms with E-state index >= 15 is 0 Å². The van der Waals surface area contributed by atoms with Gasteiger partial charge in [0.1, 0.15) is 11.9 Å². The Hall–Kier alpha value is -2.12. The van der Waals surface area contributed by atoms with Gasteiger partial charge in [-0.05, 0) is 62.1 Å².